The Morgan fingerprint density at radius 1 is 1.08 bits per heavy atom. The van der Waals surface area contributed by atoms with Gasteiger partial charge in [-0.2, -0.15) is 0 Å². The van der Waals surface area contributed by atoms with E-state index < -0.39 is 24.0 Å². The molecule has 1 aromatic rings. The third kappa shape index (κ3) is 9.50. The number of hydrogen-bond acceptors (Lipinski definition) is 4. The molecular formula is C19H28N2O4. The quantitative estimate of drug-likeness (QED) is 0.619. The number of carboxylic acids is 2. The van der Waals surface area contributed by atoms with Crippen LogP contribution >= 0.6 is 0 Å². The van der Waals surface area contributed by atoms with Crippen LogP contribution in [0.2, 0.25) is 0 Å². The van der Waals surface area contributed by atoms with Crippen molar-refractivity contribution in [2.45, 2.75) is 51.1 Å². The number of rotatable bonds is 4. The second kappa shape index (κ2) is 13.0. The zero-order chi connectivity index (χ0) is 19.2. The molecule has 1 aromatic carbocycles. The van der Waals surface area contributed by atoms with E-state index in [2.05, 4.69) is 12.3 Å². The van der Waals surface area contributed by atoms with Crippen LogP contribution in [-0.2, 0) is 9.59 Å². The summed E-state index contributed by atoms with van der Waals surface area (Å²) in [6, 6.07) is 7.19. The van der Waals surface area contributed by atoms with E-state index in [9.17, 15) is 9.59 Å². The number of nitrogens with two attached hydrogens (primary N) is 2. The molecule has 1 aliphatic rings. The fourth-order valence-electron chi connectivity index (χ4n) is 2.50. The van der Waals surface area contributed by atoms with E-state index in [1.54, 1.807) is 31.2 Å². The summed E-state index contributed by atoms with van der Waals surface area (Å²) in [5.74, 6) is 0.620. The third-order valence-corrected chi connectivity index (χ3v) is 3.87. The molecule has 0 amide bonds. The number of carboxylic acid groups (broad SMARTS) is 2. The summed E-state index contributed by atoms with van der Waals surface area (Å²) in [4.78, 5) is 20.8. The molecule has 0 aromatic heterocycles. The predicted molar refractivity (Wildman–Crippen MR) is 97.7 cm³/mol. The Labute approximate surface area is 149 Å². The highest BCUT2D eigenvalue weighted by Gasteiger charge is 2.25. The van der Waals surface area contributed by atoms with Gasteiger partial charge in [0.25, 0.3) is 0 Å². The van der Waals surface area contributed by atoms with Crippen molar-refractivity contribution >= 4 is 11.9 Å². The molecule has 6 nitrogen and oxygen atoms in total. The Kier molecular flexibility index (Phi) is 11.8. The van der Waals surface area contributed by atoms with Crippen molar-refractivity contribution in [2.75, 3.05) is 0 Å². The number of aliphatic carboxylic acids is 2. The highest BCUT2D eigenvalue weighted by molar-refractivity contribution is 5.75. The minimum absolute atomic E-state index is 0.223. The summed E-state index contributed by atoms with van der Waals surface area (Å²) in [6.45, 7) is 1.65. The van der Waals surface area contributed by atoms with Gasteiger partial charge >= 0.3 is 11.9 Å². The van der Waals surface area contributed by atoms with E-state index in [1.165, 1.54) is 6.42 Å². The van der Waals surface area contributed by atoms with Crippen molar-refractivity contribution < 1.29 is 19.8 Å². The zero-order valence-corrected chi connectivity index (χ0v) is 14.6. The van der Waals surface area contributed by atoms with Gasteiger partial charge < -0.3 is 21.7 Å². The lowest BCUT2D eigenvalue weighted by atomic mass is 9.84. The van der Waals surface area contributed by atoms with Gasteiger partial charge in [-0.05, 0) is 31.2 Å². The van der Waals surface area contributed by atoms with E-state index >= 15 is 0 Å². The summed E-state index contributed by atoms with van der Waals surface area (Å²) >= 11 is 0. The molecule has 1 saturated carbocycles. The first-order chi connectivity index (χ1) is 11.8. The lowest BCUT2D eigenvalue weighted by molar-refractivity contribution is -0.140. The maximum atomic E-state index is 10.5. The van der Waals surface area contributed by atoms with Gasteiger partial charge in [-0.3, -0.25) is 9.59 Å². The second-order valence-electron chi connectivity index (χ2n) is 5.78. The maximum absolute atomic E-state index is 10.5. The topological polar surface area (TPSA) is 127 Å². The summed E-state index contributed by atoms with van der Waals surface area (Å²) in [6.07, 6.45) is 10.1. The molecule has 0 spiro atoms. The molecule has 0 aliphatic heterocycles. The second-order valence-corrected chi connectivity index (χ2v) is 5.78. The molecule has 1 aliphatic carbocycles. The van der Waals surface area contributed by atoms with Gasteiger partial charge in [0.15, 0.2) is 0 Å². The van der Waals surface area contributed by atoms with Crippen molar-refractivity contribution in [3.05, 3.63) is 35.9 Å². The SMILES string of the molecule is C#CC.NC(C(=O)O)C1CCCCC1.N[C@H](C(=O)O)c1ccccc1. The van der Waals surface area contributed by atoms with Crippen molar-refractivity contribution in [1.82, 2.24) is 0 Å². The van der Waals surface area contributed by atoms with E-state index in [4.69, 9.17) is 21.7 Å². The van der Waals surface area contributed by atoms with Gasteiger partial charge in [-0.1, -0.05) is 49.6 Å². The van der Waals surface area contributed by atoms with Crippen LogP contribution in [0.25, 0.3) is 0 Å². The normalized spacial score (nSPS) is 15.9. The van der Waals surface area contributed by atoms with Gasteiger partial charge in [0.2, 0.25) is 0 Å². The molecular weight excluding hydrogens is 320 g/mol. The monoisotopic (exact) mass is 348 g/mol. The highest BCUT2D eigenvalue weighted by atomic mass is 16.4. The van der Waals surface area contributed by atoms with Crippen LogP contribution in [0.3, 0.4) is 0 Å². The van der Waals surface area contributed by atoms with Crippen molar-refractivity contribution in [3.8, 4) is 12.3 Å². The molecule has 1 unspecified atom stereocenters. The first kappa shape index (κ1) is 22.6. The highest BCUT2D eigenvalue weighted by Crippen LogP contribution is 2.25. The number of hydrogen-bond donors (Lipinski definition) is 4. The Hall–Kier alpha value is -2.36. The molecule has 25 heavy (non-hydrogen) atoms. The Balaban J connectivity index is 0.000000399. The Morgan fingerprint density at radius 2 is 1.56 bits per heavy atom. The summed E-state index contributed by atoms with van der Waals surface area (Å²) in [5, 5.41) is 17.1. The van der Waals surface area contributed by atoms with Crippen LogP contribution in [0.5, 0.6) is 0 Å². The Morgan fingerprint density at radius 3 is 1.96 bits per heavy atom. The van der Waals surface area contributed by atoms with E-state index in [0.29, 0.717) is 5.56 Å². The minimum atomic E-state index is -1.00. The maximum Gasteiger partial charge on any atom is 0.325 e. The van der Waals surface area contributed by atoms with E-state index in [0.717, 1.165) is 25.7 Å². The van der Waals surface area contributed by atoms with Crippen molar-refractivity contribution in [2.24, 2.45) is 17.4 Å². The van der Waals surface area contributed by atoms with Crippen LogP contribution in [0.15, 0.2) is 30.3 Å². The van der Waals surface area contributed by atoms with Crippen LogP contribution in [0.4, 0.5) is 0 Å². The summed E-state index contributed by atoms with van der Waals surface area (Å²) in [7, 11) is 0. The minimum Gasteiger partial charge on any atom is -0.480 e. The van der Waals surface area contributed by atoms with Crippen LogP contribution in [0, 0.1) is 18.3 Å². The largest absolute Gasteiger partial charge is 0.480 e. The van der Waals surface area contributed by atoms with Crippen molar-refractivity contribution in [3.63, 3.8) is 0 Å². The first-order valence-electron chi connectivity index (χ1n) is 8.24. The lowest BCUT2D eigenvalue weighted by Crippen LogP contribution is -2.38. The van der Waals surface area contributed by atoms with E-state index in [1.807, 2.05) is 6.07 Å². The smallest absolute Gasteiger partial charge is 0.325 e. The average molecular weight is 348 g/mol. The molecule has 6 heteroatoms. The molecule has 1 fully saturated rings. The van der Waals surface area contributed by atoms with Crippen LogP contribution < -0.4 is 11.5 Å². The number of benzene rings is 1. The molecule has 2 rings (SSSR count). The number of carbonyl (C=O) groups is 2. The predicted octanol–water partition coefficient (Wildman–Crippen LogP) is 2.39. The molecule has 0 saturated heterocycles. The summed E-state index contributed by atoms with van der Waals surface area (Å²) in [5.41, 5.74) is 11.5. The van der Waals surface area contributed by atoms with Crippen molar-refractivity contribution in [1.29, 1.82) is 0 Å². The molecule has 2 atom stereocenters. The zero-order valence-electron chi connectivity index (χ0n) is 14.6. The lowest BCUT2D eigenvalue weighted by Gasteiger charge is -2.24. The fraction of sp³-hybridized carbons (Fsp3) is 0.474. The molecule has 0 heterocycles. The third-order valence-electron chi connectivity index (χ3n) is 3.87. The van der Waals surface area contributed by atoms with Gasteiger partial charge in [0.05, 0.1) is 0 Å². The van der Waals surface area contributed by atoms with Gasteiger partial charge in [-0.15, -0.1) is 12.3 Å². The molecule has 0 bridgehead atoms. The molecule has 0 radical (unpaired) electrons. The standard InChI is InChI=1S/C8H15NO2.C8H9NO2.C3H4/c2*9-7(8(10)11)6-4-2-1-3-5-6;1-3-2/h6-7H,1-5,9H2,(H,10,11);1-5,7H,9H2,(H,10,11);1H,2H3/t;7-;/m.0./s1. The Bertz CT molecular complexity index is 548. The molecule has 6 N–H and O–H groups in total. The van der Waals surface area contributed by atoms with Gasteiger partial charge in [-0.25, -0.2) is 0 Å². The fourth-order valence-corrected chi connectivity index (χ4v) is 2.50. The number of terminal acetylenes is 1. The summed E-state index contributed by atoms with van der Waals surface area (Å²) < 4.78 is 0. The van der Waals surface area contributed by atoms with Crippen LogP contribution in [0.1, 0.15) is 50.6 Å². The molecule has 138 valence electrons. The van der Waals surface area contributed by atoms with Crippen LogP contribution in [-0.4, -0.2) is 28.2 Å². The van der Waals surface area contributed by atoms with Gasteiger partial charge in [0.1, 0.15) is 12.1 Å². The average Bonchev–Trinajstić information content (AvgIpc) is 2.63. The van der Waals surface area contributed by atoms with E-state index in [-0.39, 0.29) is 5.92 Å². The van der Waals surface area contributed by atoms with Gasteiger partial charge in [0, 0.05) is 0 Å². The first-order valence-corrected chi connectivity index (χ1v) is 8.24.